The average molecular weight is 247 g/mol. The molecule has 0 aliphatic rings. The molecular formula is C7H14Cl3N3. The molecule has 2 N–H and O–H groups in total. The van der Waals surface area contributed by atoms with Crippen molar-refractivity contribution in [2.75, 3.05) is 0 Å². The van der Waals surface area contributed by atoms with Crippen molar-refractivity contribution >= 4 is 37.2 Å². The van der Waals surface area contributed by atoms with Crippen LogP contribution < -0.4 is 5.73 Å². The highest BCUT2D eigenvalue weighted by Gasteiger charge is 1.96. The van der Waals surface area contributed by atoms with E-state index in [1.807, 2.05) is 6.92 Å². The van der Waals surface area contributed by atoms with Crippen LogP contribution in [-0.2, 0) is 6.42 Å². The van der Waals surface area contributed by atoms with Crippen molar-refractivity contribution in [3.8, 4) is 0 Å². The van der Waals surface area contributed by atoms with Crippen LogP contribution in [0.25, 0.3) is 0 Å². The Morgan fingerprint density at radius 1 is 1.31 bits per heavy atom. The molecule has 1 atom stereocenters. The third-order valence-electron chi connectivity index (χ3n) is 1.15. The van der Waals surface area contributed by atoms with Crippen molar-refractivity contribution in [1.82, 2.24) is 9.97 Å². The molecule has 1 heterocycles. The highest BCUT2D eigenvalue weighted by Crippen LogP contribution is 1.93. The first kappa shape index (κ1) is 18.6. The van der Waals surface area contributed by atoms with Crippen LogP contribution in [0.2, 0.25) is 0 Å². The van der Waals surface area contributed by atoms with Crippen molar-refractivity contribution < 1.29 is 0 Å². The van der Waals surface area contributed by atoms with Crippen LogP contribution in [0.4, 0.5) is 0 Å². The Hall–Kier alpha value is -0.0900. The molecule has 1 aromatic heterocycles. The van der Waals surface area contributed by atoms with Gasteiger partial charge in [-0.05, 0) is 6.92 Å². The molecule has 0 saturated heterocycles. The molecule has 0 fully saturated rings. The molecule has 0 aliphatic carbocycles. The second kappa shape index (κ2) is 9.99. The molecule has 3 nitrogen and oxygen atoms in total. The fourth-order valence-electron chi connectivity index (χ4n) is 0.765. The number of nitrogens with two attached hydrogens (primary N) is 1. The van der Waals surface area contributed by atoms with Crippen LogP contribution in [0, 0.1) is 0 Å². The van der Waals surface area contributed by atoms with Gasteiger partial charge in [0.1, 0.15) is 0 Å². The molecule has 0 saturated carbocycles. The van der Waals surface area contributed by atoms with Gasteiger partial charge in [0.25, 0.3) is 0 Å². The van der Waals surface area contributed by atoms with Crippen molar-refractivity contribution in [2.45, 2.75) is 19.4 Å². The molecule has 1 unspecified atom stereocenters. The number of rotatable bonds is 2. The van der Waals surface area contributed by atoms with Crippen LogP contribution in [0.5, 0.6) is 0 Å². The second-order valence-corrected chi connectivity index (χ2v) is 2.38. The Balaban J connectivity index is -0.000000333. The monoisotopic (exact) mass is 245 g/mol. The van der Waals surface area contributed by atoms with Gasteiger partial charge in [-0.3, -0.25) is 9.97 Å². The Morgan fingerprint density at radius 2 is 1.92 bits per heavy atom. The maximum absolute atomic E-state index is 5.56. The molecule has 0 bridgehead atoms. The molecule has 1 rings (SSSR count). The van der Waals surface area contributed by atoms with E-state index in [0.29, 0.717) is 0 Å². The summed E-state index contributed by atoms with van der Waals surface area (Å²) in [6, 6.07) is 0.164. The van der Waals surface area contributed by atoms with Crippen LogP contribution in [0.15, 0.2) is 18.6 Å². The lowest BCUT2D eigenvalue weighted by molar-refractivity contribution is 0.718. The Bertz CT molecular complexity index is 193. The Morgan fingerprint density at radius 3 is 2.31 bits per heavy atom. The summed E-state index contributed by atoms with van der Waals surface area (Å²) >= 11 is 0. The summed E-state index contributed by atoms with van der Waals surface area (Å²) in [5.41, 5.74) is 6.51. The van der Waals surface area contributed by atoms with Gasteiger partial charge in [-0.15, -0.1) is 37.2 Å². The zero-order valence-corrected chi connectivity index (χ0v) is 9.66. The maximum atomic E-state index is 5.56. The van der Waals surface area contributed by atoms with Crippen LogP contribution in [-0.4, -0.2) is 16.0 Å². The van der Waals surface area contributed by atoms with E-state index in [2.05, 4.69) is 9.97 Å². The standard InChI is InChI=1S/C7H11N3.3ClH/c1-6(8)4-7-5-9-2-3-10-7;;;/h2-3,5-6H,4,8H2,1H3;3*1H. The number of nitrogens with zero attached hydrogens (tertiary/aromatic N) is 2. The minimum absolute atomic E-state index is 0. The van der Waals surface area contributed by atoms with Crippen LogP contribution in [0.3, 0.4) is 0 Å². The van der Waals surface area contributed by atoms with Crippen molar-refractivity contribution in [2.24, 2.45) is 5.73 Å². The second-order valence-electron chi connectivity index (χ2n) is 2.38. The van der Waals surface area contributed by atoms with Gasteiger partial charge < -0.3 is 5.73 Å². The van der Waals surface area contributed by atoms with Gasteiger partial charge in [-0.1, -0.05) is 0 Å². The molecule has 1 aromatic rings. The Labute approximate surface area is 96.8 Å². The summed E-state index contributed by atoms with van der Waals surface area (Å²) < 4.78 is 0. The lowest BCUT2D eigenvalue weighted by Crippen LogP contribution is -2.18. The molecule has 13 heavy (non-hydrogen) atoms. The number of hydrogen-bond donors (Lipinski definition) is 1. The molecule has 0 radical (unpaired) electrons. The first-order valence-electron chi connectivity index (χ1n) is 3.29. The van der Waals surface area contributed by atoms with E-state index >= 15 is 0 Å². The fraction of sp³-hybridized carbons (Fsp3) is 0.429. The summed E-state index contributed by atoms with van der Waals surface area (Å²) in [5.74, 6) is 0. The van der Waals surface area contributed by atoms with Crippen molar-refractivity contribution in [3.63, 3.8) is 0 Å². The largest absolute Gasteiger partial charge is 0.328 e. The third-order valence-corrected chi connectivity index (χ3v) is 1.15. The average Bonchev–Trinajstić information content (AvgIpc) is 1.88. The SMILES string of the molecule is CC(N)Cc1cnccn1.Cl.Cl.Cl. The minimum atomic E-state index is 0. The summed E-state index contributed by atoms with van der Waals surface area (Å²) in [5, 5.41) is 0. The summed E-state index contributed by atoms with van der Waals surface area (Å²) in [6.45, 7) is 1.95. The van der Waals surface area contributed by atoms with Gasteiger partial charge in [0, 0.05) is 31.1 Å². The first-order chi connectivity index (χ1) is 4.79. The van der Waals surface area contributed by atoms with E-state index in [1.54, 1.807) is 18.6 Å². The zero-order valence-electron chi connectivity index (χ0n) is 7.21. The lowest BCUT2D eigenvalue weighted by Gasteiger charge is -2.01. The topological polar surface area (TPSA) is 51.8 Å². The van der Waals surface area contributed by atoms with E-state index in [9.17, 15) is 0 Å². The van der Waals surface area contributed by atoms with E-state index < -0.39 is 0 Å². The molecular weight excluding hydrogens is 232 g/mol. The van der Waals surface area contributed by atoms with Gasteiger partial charge in [0.15, 0.2) is 0 Å². The number of halogens is 3. The van der Waals surface area contributed by atoms with E-state index in [0.717, 1.165) is 12.1 Å². The van der Waals surface area contributed by atoms with E-state index in [4.69, 9.17) is 5.73 Å². The predicted molar refractivity (Wildman–Crippen MR) is 61.1 cm³/mol. The van der Waals surface area contributed by atoms with Crippen LogP contribution in [0.1, 0.15) is 12.6 Å². The third kappa shape index (κ3) is 8.25. The molecule has 0 aromatic carbocycles. The molecule has 0 spiro atoms. The smallest absolute Gasteiger partial charge is 0.0601 e. The van der Waals surface area contributed by atoms with Gasteiger partial charge in [0.05, 0.1) is 5.69 Å². The zero-order chi connectivity index (χ0) is 7.40. The number of hydrogen-bond acceptors (Lipinski definition) is 3. The van der Waals surface area contributed by atoms with E-state index in [1.165, 1.54) is 0 Å². The fourth-order valence-corrected chi connectivity index (χ4v) is 0.765. The maximum Gasteiger partial charge on any atom is 0.0601 e. The minimum Gasteiger partial charge on any atom is -0.328 e. The van der Waals surface area contributed by atoms with Gasteiger partial charge >= 0.3 is 0 Å². The molecule has 78 valence electrons. The Kier molecular flexibility index (Phi) is 14.3. The molecule has 0 aliphatic heterocycles. The van der Waals surface area contributed by atoms with Crippen molar-refractivity contribution in [1.29, 1.82) is 0 Å². The molecule has 6 heteroatoms. The summed E-state index contributed by atoms with van der Waals surface area (Å²) in [4.78, 5) is 8.00. The van der Waals surface area contributed by atoms with E-state index in [-0.39, 0.29) is 43.3 Å². The predicted octanol–water partition coefficient (Wildman–Crippen LogP) is 1.63. The van der Waals surface area contributed by atoms with Gasteiger partial charge in [-0.2, -0.15) is 0 Å². The quantitative estimate of drug-likeness (QED) is 0.863. The highest BCUT2D eigenvalue weighted by atomic mass is 35.5. The van der Waals surface area contributed by atoms with Gasteiger partial charge in [-0.25, -0.2) is 0 Å². The summed E-state index contributed by atoms with van der Waals surface area (Å²) in [6.07, 6.45) is 5.87. The van der Waals surface area contributed by atoms with Crippen molar-refractivity contribution in [3.05, 3.63) is 24.3 Å². The molecule has 0 amide bonds. The number of aromatic nitrogens is 2. The normalized spacial score (nSPS) is 10.0. The summed E-state index contributed by atoms with van der Waals surface area (Å²) in [7, 11) is 0. The van der Waals surface area contributed by atoms with Gasteiger partial charge in [0.2, 0.25) is 0 Å². The van der Waals surface area contributed by atoms with Crippen LogP contribution >= 0.6 is 37.2 Å². The highest BCUT2D eigenvalue weighted by molar-refractivity contribution is 5.86. The lowest BCUT2D eigenvalue weighted by atomic mass is 10.2. The first-order valence-corrected chi connectivity index (χ1v) is 3.29.